The molecule has 0 saturated heterocycles. The first-order valence-electron chi connectivity index (χ1n) is 9.15. The number of rotatable bonds is 6. The van der Waals surface area contributed by atoms with Gasteiger partial charge in [-0.2, -0.15) is 0 Å². The highest BCUT2D eigenvalue weighted by Crippen LogP contribution is 2.27. The molecule has 152 valence electrons. The zero-order valence-electron chi connectivity index (χ0n) is 16.5. The van der Waals surface area contributed by atoms with E-state index in [0.29, 0.717) is 11.3 Å². The summed E-state index contributed by atoms with van der Waals surface area (Å²) in [4.78, 5) is 33.3. The highest BCUT2D eigenvalue weighted by Gasteiger charge is 2.21. The van der Waals surface area contributed by atoms with Crippen LogP contribution in [-0.4, -0.2) is 29.8 Å². The van der Waals surface area contributed by atoms with Gasteiger partial charge in [-0.1, -0.05) is 54.6 Å². The molecule has 0 spiro atoms. The molecule has 0 bridgehead atoms. The molecule has 0 amide bonds. The van der Waals surface area contributed by atoms with Crippen molar-refractivity contribution in [3.8, 4) is 5.75 Å². The summed E-state index contributed by atoms with van der Waals surface area (Å²) in [5, 5.41) is 8.41. The molecule has 0 radical (unpaired) electrons. The van der Waals surface area contributed by atoms with Crippen LogP contribution >= 0.6 is 0 Å². The molecule has 0 heterocycles. The Morgan fingerprint density at radius 2 is 1.70 bits per heavy atom. The summed E-state index contributed by atoms with van der Waals surface area (Å²) in [6.45, 7) is 3.74. The molecule has 3 rings (SSSR count). The summed E-state index contributed by atoms with van der Waals surface area (Å²) in [5.41, 5.74) is 2.20. The minimum absolute atomic E-state index is 0.127. The van der Waals surface area contributed by atoms with E-state index in [1.807, 2.05) is 42.5 Å². The molecule has 0 aliphatic heterocycles. The Balaban J connectivity index is 0.000000222. The molecule has 5 heteroatoms. The number of carbonyl (C=O) groups excluding carboxylic acids is 2. The van der Waals surface area contributed by atoms with Gasteiger partial charge in [0.1, 0.15) is 5.75 Å². The summed E-state index contributed by atoms with van der Waals surface area (Å²) in [6, 6.07) is 16.8. The van der Waals surface area contributed by atoms with Gasteiger partial charge in [-0.3, -0.25) is 9.59 Å². The molecule has 2 aromatic carbocycles. The van der Waals surface area contributed by atoms with E-state index < -0.39 is 5.97 Å². The monoisotopic (exact) mass is 402 g/mol. The maximum atomic E-state index is 11.8. The van der Waals surface area contributed by atoms with E-state index in [1.54, 1.807) is 25.3 Å². The van der Waals surface area contributed by atoms with Crippen molar-refractivity contribution in [2.45, 2.75) is 5.92 Å². The van der Waals surface area contributed by atoms with Crippen LogP contribution in [-0.2, 0) is 14.4 Å². The second-order valence-corrected chi connectivity index (χ2v) is 6.24. The van der Waals surface area contributed by atoms with E-state index in [1.165, 1.54) is 24.3 Å². The maximum Gasteiger partial charge on any atom is 0.328 e. The lowest BCUT2D eigenvalue weighted by molar-refractivity contribution is -0.131. The Kier molecular flexibility index (Phi) is 8.27. The average Bonchev–Trinajstić information content (AvgIpc) is 2.76. The SMILES string of the molecule is C=CC(C1=CC(=O)C=CC1=O)c1ccccc1.COc1ccccc1C=CC(=O)O. The molecular weight excluding hydrogens is 380 g/mol. The van der Waals surface area contributed by atoms with Crippen molar-refractivity contribution in [1.82, 2.24) is 0 Å². The molecular formula is C25H22O5. The lowest BCUT2D eigenvalue weighted by Crippen LogP contribution is -2.13. The summed E-state index contributed by atoms with van der Waals surface area (Å²) < 4.78 is 5.03. The van der Waals surface area contributed by atoms with E-state index in [2.05, 4.69) is 6.58 Å². The van der Waals surface area contributed by atoms with Crippen LogP contribution in [0.15, 0.2) is 97.1 Å². The molecule has 2 aromatic rings. The number of hydrogen-bond acceptors (Lipinski definition) is 4. The Hall–Kier alpha value is -3.99. The van der Waals surface area contributed by atoms with Crippen molar-refractivity contribution in [2.75, 3.05) is 7.11 Å². The van der Waals surface area contributed by atoms with Crippen LogP contribution in [0.4, 0.5) is 0 Å². The summed E-state index contributed by atoms with van der Waals surface area (Å²) in [7, 11) is 1.55. The maximum absolute atomic E-state index is 11.8. The number of ether oxygens (including phenoxy) is 1. The second-order valence-electron chi connectivity index (χ2n) is 6.24. The molecule has 0 saturated carbocycles. The van der Waals surface area contributed by atoms with Gasteiger partial charge in [-0.25, -0.2) is 4.79 Å². The summed E-state index contributed by atoms with van der Waals surface area (Å²) in [6.07, 6.45) is 8.26. The number of ketones is 2. The third kappa shape index (κ3) is 6.27. The van der Waals surface area contributed by atoms with Gasteiger partial charge in [0.15, 0.2) is 11.6 Å². The summed E-state index contributed by atoms with van der Waals surface area (Å²) >= 11 is 0. The molecule has 1 N–H and O–H groups in total. The molecule has 0 fully saturated rings. The highest BCUT2D eigenvalue weighted by atomic mass is 16.5. The fourth-order valence-electron chi connectivity index (χ4n) is 2.84. The third-order valence-electron chi connectivity index (χ3n) is 4.26. The molecule has 30 heavy (non-hydrogen) atoms. The van der Waals surface area contributed by atoms with Gasteiger partial charge in [0.2, 0.25) is 0 Å². The van der Waals surface area contributed by atoms with Crippen LogP contribution in [0, 0.1) is 0 Å². The first kappa shape index (κ1) is 22.3. The first-order valence-corrected chi connectivity index (χ1v) is 9.15. The largest absolute Gasteiger partial charge is 0.496 e. The molecule has 1 aliphatic rings. The van der Waals surface area contributed by atoms with E-state index in [4.69, 9.17) is 9.84 Å². The van der Waals surface area contributed by atoms with Gasteiger partial charge in [0.05, 0.1) is 7.11 Å². The molecule has 1 aliphatic carbocycles. The van der Waals surface area contributed by atoms with Crippen molar-refractivity contribution in [2.24, 2.45) is 0 Å². The number of aliphatic carboxylic acids is 1. The number of hydrogen-bond donors (Lipinski definition) is 1. The van der Waals surface area contributed by atoms with Gasteiger partial charge in [-0.15, -0.1) is 6.58 Å². The quantitative estimate of drug-likeness (QED) is 0.440. The van der Waals surface area contributed by atoms with Crippen LogP contribution in [0.3, 0.4) is 0 Å². The Labute approximate surface area is 175 Å². The number of benzene rings is 2. The fourth-order valence-corrected chi connectivity index (χ4v) is 2.84. The molecule has 5 nitrogen and oxygen atoms in total. The molecule has 1 unspecified atom stereocenters. The van der Waals surface area contributed by atoms with Gasteiger partial charge in [-0.05, 0) is 35.9 Å². The van der Waals surface area contributed by atoms with Crippen LogP contribution in [0.2, 0.25) is 0 Å². The average molecular weight is 402 g/mol. The van der Waals surface area contributed by atoms with E-state index >= 15 is 0 Å². The predicted octanol–water partition coefficient (Wildman–Crippen LogP) is 4.38. The Morgan fingerprint density at radius 1 is 1.03 bits per heavy atom. The number of carboxylic acids is 1. The molecule has 1 atom stereocenters. The van der Waals surface area contributed by atoms with Crippen LogP contribution in [0.1, 0.15) is 17.0 Å². The third-order valence-corrected chi connectivity index (χ3v) is 4.26. The topological polar surface area (TPSA) is 80.7 Å². The van der Waals surface area contributed by atoms with E-state index in [-0.39, 0.29) is 17.5 Å². The van der Waals surface area contributed by atoms with Crippen molar-refractivity contribution >= 4 is 23.6 Å². The number of allylic oxidation sites excluding steroid dienone is 5. The van der Waals surface area contributed by atoms with Crippen LogP contribution < -0.4 is 4.74 Å². The Bertz CT molecular complexity index is 1010. The van der Waals surface area contributed by atoms with E-state index in [0.717, 1.165) is 17.2 Å². The van der Waals surface area contributed by atoms with Crippen molar-refractivity contribution < 1.29 is 24.2 Å². The lowest BCUT2D eigenvalue weighted by atomic mass is 9.86. The van der Waals surface area contributed by atoms with Crippen molar-refractivity contribution in [1.29, 1.82) is 0 Å². The minimum atomic E-state index is -0.967. The second kappa shape index (κ2) is 11.1. The number of carbonyl (C=O) groups is 3. The fraction of sp³-hybridized carbons (Fsp3) is 0.0800. The van der Waals surface area contributed by atoms with Gasteiger partial charge in [0.25, 0.3) is 0 Å². The number of methoxy groups -OCH3 is 1. The summed E-state index contributed by atoms with van der Waals surface area (Å²) in [5.74, 6) is -0.802. The minimum Gasteiger partial charge on any atom is -0.496 e. The lowest BCUT2D eigenvalue weighted by Gasteiger charge is -2.16. The van der Waals surface area contributed by atoms with E-state index in [9.17, 15) is 14.4 Å². The van der Waals surface area contributed by atoms with Crippen LogP contribution in [0.5, 0.6) is 5.75 Å². The smallest absolute Gasteiger partial charge is 0.328 e. The van der Waals surface area contributed by atoms with Crippen molar-refractivity contribution in [3.05, 3.63) is 108 Å². The molecule has 0 aromatic heterocycles. The normalized spacial score (nSPS) is 13.8. The highest BCUT2D eigenvalue weighted by molar-refractivity contribution is 6.18. The Morgan fingerprint density at radius 3 is 2.33 bits per heavy atom. The van der Waals surface area contributed by atoms with Crippen molar-refractivity contribution in [3.63, 3.8) is 0 Å². The zero-order chi connectivity index (χ0) is 21.9. The number of carboxylic acid groups (broad SMARTS) is 1. The first-order chi connectivity index (χ1) is 14.5. The van der Waals surface area contributed by atoms with Gasteiger partial charge in [0, 0.05) is 23.1 Å². The predicted molar refractivity (Wildman–Crippen MR) is 116 cm³/mol. The van der Waals surface area contributed by atoms with Gasteiger partial charge >= 0.3 is 5.97 Å². The zero-order valence-corrected chi connectivity index (χ0v) is 16.5. The van der Waals surface area contributed by atoms with Crippen LogP contribution in [0.25, 0.3) is 6.08 Å². The standard InChI is InChI=1S/C15H12O2.C10H10O3/c1-2-13(11-6-4-3-5-7-11)14-10-12(16)8-9-15(14)17;1-13-9-5-3-2-4-8(9)6-7-10(11)12/h2-10,13H,1H2;2-7H,1H3,(H,11,12). The number of para-hydroxylation sites is 1. The van der Waals surface area contributed by atoms with Gasteiger partial charge < -0.3 is 9.84 Å².